The normalized spacial score (nSPS) is 13.7. The van der Waals surface area contributed by atoms with Crippen molar-refractivity contribution >= 4 is 22.8 Å². The van der Waals surface area contributed by atoms with Crippen molar-refractivity contribution in [2.45, 2.75) is 32.6 Å². The summed E-state index contributed by atoms with van der Waals surface area (Å²) in [6, 6.07) is 3.78. The predicted octanol–water partition coefficient (Wildman–Crippen LogP) is 3.70. The number of nitrogens with zero attached hydrogens (tertiary/aromatic N) is 3. The monoisotopic (exact) mass is 319 g/mol. The summed E-state index contributed by atoms with van der Waals surface area (Å²) in [6.07, 6.45) is 9.35. The lowest BCUT2D eigenvalue weighted by Gasteiger charge is -2.22. The molecule has 3 aromatic rings. The summed E-state index contributed by atoms with van der Waals surface area (Å²) in [5, 5.41) is 8.81. The molecular formula is C19H21N5. The van der Waals surface area contributed by atoms with Crippen molar-refractivity contribution in [3.63, 3.8) is 0 Å². The van der Waals surface area contributed by atoms with Crippen LogP contribution in [0.25, 0.3) is 22.2 Å². The molecule has 122 valence electrons. The van der Waals surface area contributed by atoms with Gasteiger partial charge in [-0.05, 0) is 55.9 Å². The average Bonchev–Trinajstić information content (AvgIpc) is 2.62. The van der Waals surface area contributed by atoms with Gasteiger partial charge in [-0.15, -0.1) is 0 Å². The van der Waals surface area contributed by atoms with Crippen LogP contribution in [0.5, 0.6) is 0 Å². The van der Waals surface area contributed by atoms with E-state index in [0.29, 0.717) is 5.69 Å². The van der Waals surface area contributed by atoms with Crippen molar-refractivity contribution in [1.82, 2.24) is 15.0 Å². The number of hydrogen-bond donors (Lipinski definition) is 2. The fourth-order valence-electron chi connectivity index (χ4n) is 3.57. The molecule has 0 atom stereocenters. The Morgan fingerprint density at radius 3 is 2.54 bits per heavy atom. The third kappa shape index (κ3) is 2.24. The Kier molecular flexibility index (Phi) is 3.49. The maximum Gasteiger partial charge on any atom is 0.125 e. The molecule has 2 heterocycles. The summed E-state index contributed by atoms with van der Waals surface area (Å²) < 4.78 is 0. The minimum atomic E-state index is 0. The van der Waals surface area contributed by atoms with Gasteiger partial charge in [0.15, 0.2) is 0 Å². The first-order valence-electron chi connectivity index (χ1n) is 8.22. The van der Waals surface area contributed by atoms with Crippen LogP contribution in [0.2, 0.25) is 0 Å². The average molecular weight is 319 g/mol. The molecule has 0 saturated heterocycles. The van der Waals surface area contributed by atoms with Crippen LogP contribution in [0.4, 0.5) is 5.69 Å². The number of nitrogens with two attached hydrogens (primary N) is 1. The quantitative estimate of drug-likeness (QED) is 0.557. The first-order chi connectivity index (χ1) is 11.7. The molecule has 0 amide bonds. The SMILES string of the molecule is Cc1ncc(-c2nc3ccc(N)c(C=N)c3c3c2CCCC3)cn1.[HH]. The van der Waals surface area contributed by atoms with E-state index in [-0.39, 0.29) is 1.43 Å². The highest BCUT2D eigenvalue weighted by Crippen LogP contribution is 2.37. The smallest absolute Gasteiger partial charge is 0.125 e. The number of rotatable bonds is 2. The number of hydrogen-bond acceptors (Lipinski definition) is 5. The molecular weight excluding hydrogens is 298 g/mol. The van der Waals surface area contributed by atoms with Gasteiger partial charge in [-0.3, -0.25) is 0 Å². The Balaban J connectivity index is 0.00000182. The van der Waals surface area contributed by atoms with E-state index < -0.39 is 0 Å². The second kappa shape index (κ2) is 5.67. The van der Waals surface area contributed by atoms with E-state index in [0.717, 1.165) is 59.2 Å². The van der Waals surface area contributed by atoms with Crippen LogP contribution >= 0.6 is 0 Å². The lowest BCUT2D eigenvalue weighted by Crippen LogP contribution is -2.10. The van der Waals surface area contributed by atoms with Crippen LogP contribution in [0.15, 0.2) is 24.5 Å². The zero-order chi connectivity index (χ0) is 16.7. The van der Waals surface area contributed by atoms with Gasteiger partial charge in [0.25, 0.3) is 0 Å². The van der Waals surface area contributed by atoms with Gasteiger partial charge in [-0.1, -0.05) is 0 Å². The predicted molar refractivity (Wildman–Crippen MR) is 98.6 cm³/mol. The summed E-state index contributed by atoms with van der Waals surface area (Å²) in [5.74, 6) is 0.757. The van der Waals surface area contributed by atoms with Gasteiger partial charge in [0.2, 0.25) is 0 Å². The molecule has 2 aromatic heterocycles. The highest BCUT2D eigenvalue weighted by atomic mass is 14.9. The molecule has 5 nitrogen and oxygen atoms in total. The second-order valence-corrected chi connectivity index (χ2v) is 6.25. The molecule has 4 rings (SSSR count). The Hall–Kier alpha value is -2.82. The third-order valence-corrected chi connectivity index (χ3v) is 4.74. The van der Waals surface area contributed by atoms with Gasteiger partial charge < -0.3 is 11.1 Å². The van der Waals surface area contributed by atoms with E-state index in [2.05, 4.69) is 9.97 Å². The standard InChI is InChI=1S/C19H19N5.H2/c1-11-22-9-12(10-23-11)19-14-5-3-2-4-13(14)18-15(8-20)16(21)6-7-17(18)24-19;/h6-10,20H,2-5,21H2,1H3;1H. The molecule has 0 spiro atoms. The highest BCUT2D eigenvalue weighted by molar-refractivity contribution is 6.05. The van der Waals surface area contributed by atoms with E-state index in [1.165, 1.54) is 17.3 Å². The summed E-state index contributed by atoms with van der Waals surface area (Å²) in [5.41, 5.74) is 12.9. The summed E-state index contributed by atoms with van der Waals surface area (Å²) in [4.78, 5) is 13.5. The molecule has 0 saturated carbocycles. The van der Waals surface area contributed by atoms with Crippen molar-refractivity contribution < 1.29 is 1.43 Å². The van der Waals surface area contributed by atoms with Gasteiger partial charge in [0, 0.05) is 42.2 Å². The number of nitrogens with one attached hydrogen (secondary N) is 1. The van der Waals surface area contributed by atoms with Crippen molar-refractivity contribution in [3.8, 4) is 11.3 Å². The first-order valence-corrected chi connectivity index (χ1v) is 8.22. The third-order valence-electron chi connectivity index (χ3n) is 4.74. The number of fused-ring (bicyclic) bond motifs is 3. The summed E-state index contributed by atoms with van der Waals surface area (Å²) >= 11 is 0. The van der Waals surface area contributed by atoms with E-state index in [9.17, 15) is 0 Å². The lowest BCUT2D eigenvalue weighted by atomic mass is 9.85. The lowest BCUT2D eigenvalue weighted by molar-refractivity contribution is 0.689. The fourth-order valence-corrected chi connectivity index (χ4v) is 3.57. The van der Waals surface area contributed by atoms with Gasteiger partial charge in [-0.25, -0.2) is 15.0 Å². The zero-order valence-electron chi connectivity index (χ0n) is 13.6. The number of pyridine rings is 1. The number of nitrogen functional groups attached to an aromatic ring is 1. The Bertz CT molecular complexity index is 950. The molecule has 0 bridgehead atoms. The topological polar surface area (TPSA) is 88.5 Å². The van der Waals surface area contributed by atoms with Crippen LogP contribution in [0.3, 0.4) is 0 Å². The maximum atomic E-state index is 7.77. The minimum absolute atomic E-state index is 0. The molecule has 0 fully saturated rings. The fraction of sp³-hybridized carbons (Fsp3) is 0.263. The molecule has 24 heavy (non-hydrogen) atoms. The van der Waals surface area contributed by atoms with Gasteiger partial charge in [-0.2, -0.15) is 0 Å². The molecule has 1 aromatic carbocycles. The van der Waals surface area contributed by atoms with E-state index in [1.807, 2.05) is 31.5 Å². The van der Waals surface area contributed by atoms with Crippen LogP contribution in [-0.2, 0) is 12.8 Å². The van der Waals surface area contributed by atoms with Crippen LogP contribution in [0, 0.1) is 12.3 Å². The number of benzene rings is 1. The van der Waals surface area contributed by atoms with Crippen LogP contribution in [0.1, 0.15) is 36.8 Å². The molecule has 0 aliphatic heterocycles. The maximum absolute atomic E-state index is 7.77. The molecule has 0 unspecified atom stereocenters. The molecule has 5 heteroatoms. The minimum Gasteiger partial charge on any atom is -0.398 e. The first kappa shape index (κ1) is 14.8. The molecule has 3 N–H and O–H groups in total. The summed E-state index contributed by atoms with van der Waals surface area (Å²) in [7, 11) is 0. The Labute approximate surface area is 142 Å². The molecule has 1 aliphatic rings. The molecule has 1 aliphatic carbocycles. The largest absolute Gasteiger partial charge is 0.398 e. The summed E-state index contributed by atoms with van der Waals surface area (Å²) in [6.45, 7) is 1.88. The Morgan fingerprint density at radius 1 is 1.12 bits per heavy atom. The van der Waals surface area contributed by atoms with E-state index in [1.54, 1.807) is 0 Å². The number of aryl methyl sites for hydroxylation is 2. The van der Waals surface area contributed by atoms with E-state index >= 15 is 0 Å². The van der Waals surface area contributed by atoms with Crippen LogP contribution in [-0.4, -0.2) is 21.2 Å². The van der Waals surface area contributed by atoms with E-state index in [4.69, 9.17) is 16.1 Å². The molecule has 0 radical (unpaired) electrons. The van der Waals surface area contributed by atoms with Crippen molar-refractivity contribution in [3.05, 3.63) is 47.0 Å². The Morgan fingerprint density at radius 2 is 1.83 bits per heavy atom. The second-order valence-electron chi connectivity index (χ2n) is 6.25. The highest BCUT2D eigenvalue weighted by Gasteiger charge is 2.21. The van der Waals surface area contributed by atoms with Crippen molar-refractivity contribution in [1.29, 1.82) is 5.41 Å². The van der Waals surface area contributed by atoms with Crippen LogP contribution < -0.4 is 5.73 Å². The van der Waals surface area contributed by atoms with Gasteiger partial charge >= 0.3 is 0 Å². The zero-order valence-corrected chi connectivity index (χ0v) is 13.6. The van der Waals surface area contributed by atoms with Gasteiger partial charge in [0.05, 0.1) is 11.2 Å². The number of aromatic nitrogens is 3. The van der Waals surface area contributed by atoms with Crippen molar-refractivity contribution in [2.24, 2.45) is 0 Å². The van der Waals surface area contributed by atoms with Crippen molar-refractivity contribution in [2.75, 3.05) is 5.73 Å². The van der Waals surface area contributed by atoms with Gasteiger partial charge in [0.1, 0.15) is 5.82 Å². The number of anilines is 1.